The predicted molar refractivity (Wildman–Crippen MR) is 131 cm³/mol. The van der Waals surface area contributed by atoms with E-state index in [4.69, 9.17) is 4.74 Å². The van der Waals surface area contributed by atoms with Crippen LogP contribution in [0.5, 0.6) is 5.75 Å². The highest BCUT2D eigenvalue weighted by Crippen LogP contribution is 2.22. The molecule has 2 aromatic carbocycles. The SMILES string of the molecule is CCCOc1ccccc1CCCNC(=O)CCCN(c1cc(C)cc(C)c1)S(C)(=O)=O. The number of para-hydroxylation sites is 1. The maximum Gasteiger partial charge on any atom is 0.232 e. The molecule has 32 heavy (non-hydrogen) atoms. The lowest BCUT2D eigenvalue weighted by Crippen LogP contribution is -2.32. The number of nitrogens with one attached hydrogen (secondary N) is 1. The molecule has 0 spiro atoms. The van der Waals surface area contributed by atoms with Crippen molar-refractivity contribution >= 4 is 21.6 Å². The minimum absolute atomic E-state index is 0.0607. The normalized spacial score (nSPS) is 11.2. The van der Waals surface area contributed by atoms with Gasteiger partial charge in [0.15, 0.2) is 0 Å². The monoisotopic (exact) mass is 460 g/mol. The molecule has 0 unspecified atom stereocenters. The van der Waals surface area contributed by atoms with Crippen LogP contribution in [0.25, 0.3) is 0 Å². The third-order valence-corrected chi connectivity index (χ3v) is 6.23. The quantitative estimate of drug-likeness (QED) is 0.450. The second-order valence-electron chi connectivity index (χ2n) is 8.19. The summed E-state index contributed by atoms with van der Waals surface area (Å²) in [5.74, 6) is 0.849. The van der Waals surface area contributed by atoms with E-state index in [1.807, 2.05) is 50.2 Å². The first-order valence-electron chi connectivity index (χ1n) is 11.2. The van der Waals surface area contributed by atoms with E-state index in [1.165, 1.54) is 10.6 Å². The number of aryl methyl sites for hydroxylation is 3. The first-order valence-corrected chi connectivity index (χ1v) is 13.1. The third kappa shape index (κ3) is 8.54. The smallest absolute Gasteiger partial charge is 0.232 e. The molecule has 0 aromatic heterocycles. The average Bonchev–Trinajstić information content (AvgIpc) is 2.71. The van der Waals surface area contributed by atoms with Crippen molar-refractivity contribution in [1.82, 2.24) is 5.32 Å². The van der Waals surface area contributed by atoms with E-state index in [1.54, 1.807) is 0 Å². The lowest BCUT2D eigenvalue weighted by atomic mass is 10.1. The van der Waals surface area contributed by atoms with Crippen LogP contribution >= 0.6 is 0 Å². The van der Waals surface area contributed by atoms with Crippen molar-refractivity contribution in [2.45, 2.75) is 52.9 Å². The molecule has 0 radical (unpaired) electrons. The molecule has 2 aromatic rings. The number of carbonyl (C=O) groups excluding carboxylic acids is 1. The maximum atomic E-state index is 12.3. The first-order chi connectivity index (χ1) is 15.2. The number of hydrogen-bond acceptors (Lipinski definition) is 4. The van der Waals surface area contributed by atoms with Gasteiger partial charge in [-0.1, -0.05) is 31.2 Å². The third-order valence-electron chi connectivity index (χ3n) is 5.04. The number of carbonyl (C=O) groups is 1. The molecular weight excluding hydrogens is 424 g/mol. The number of hydrogen-bond donors (Lipinski definition) is 1. The molecule has 2 rings (SSSR count). The molecule has 6 nitrogen and oxygen atoms in total. The standard InChI is InChI=1S/C25H36N2O4S/c1-5-16-31-24-12-7-6-10-22(24)11-8-14-26-25(28)13-9-15-27(32(4,29)30)23-18-20(2)17-21(3)19-23/h6-7,10,12,17-19H,5,8-9,11,13-16H2,1-4H3,(H,26,28). The fourth-order valence-corrected chi connectivity index (χ4v) is 4.57. The summed E-state index contributed by atoms with van der Waals surface area (Å²) in [7, 11) is -3.42. The van der Waals surface area contributed by atoms with Gasteiger partial charge >= 0.3 is 0 Å². The average molecular weight is 461 g/mol. The summed E-state index contributed by atoms with van der Waals surface area (Å²) in [6.07, 6.45) is 4.55. The van der Waals surface area contributed by atoms with Crippen LogP contribution in [0.3, 0.4) is 0 Å². The molecule has 7 heteroatoms. The molecule has 0 saturated carbocycles. The summed E-state index contributed by atoms with van der Waals surface area (Å²) in [6.45, 7) is 7.51. The molecule has 0 saturated heterocycles. The number of sulfonamides is 1. The minimum atomic E-state index is -3.42. The van der Waals surface area contributed by atoms with E-state index in [-0.39, 0.29) is 18.9 Å². The first kappa shape index (κ1) is 25.7. The number of nitrogens with zero attached hydrogens (tertiary/aromatic N) is 1. The van der Waals surface area contributed by atoms with Crippen LogP contribution in [-0.4, -0.2) is 40.3 Å². The molecule has 0 aliphatic carbocycles. The molecule has 0 heterocycles. The van der Waals surface area contributed by atoms with Crippen molar-refractivity contribution in [2.24, 2.45) is 0 Å². The number of anilines is 1. The maximum absolute atomic E-state index is 12.3. The van der Waals surface area contributed by atoms with Gasteiger partial charge in [-0.25, -0.2) is 8.42 Å². The van der Waals surface area contributed by atoms with E-state index in [2.05, 4.69) is 18.3 Å². The van der Waals surface area contributed by atoms with Gasteiger partial charge in [0.1, 0.15) is 5.75 Å². The van der Waals surface area contributed by atoms with Gasteiger partial charge in [-0.15, -0.1) is 0 Å². The van der Waals surface area contributed by atoms with Crippen LogP contribution in [0.1, 0.15) is 49.3 Å². The summed E-state index contributed by atoms with van der Waals surface area (Å²) in [6, 6.07) is 13.7. The Labute approximate surface area is 193 Å². The zero-order valence-electron chi connectivity index (χ0n) is 19.7. The number of rotatable bonds is 13. The van der Waals surface area contributed by atoms with Crippen molar-refractivity contribution in [2.75, 3.05) is 30.3 Å². The second-order valence-corrected chi connectivity index (χ2v) is 10.1. The Balaban J connectivity index is 1.79. The highest BCUT2D eigenvalue weighted by atomic mass is 32.2. The van der Waals surface area contributed by atoms with E-state index in [0.717, 1.165) is 41.7 Å². The van der Waals surface area contributed by atoms with Gasteiger partial charge in [-0.2, -0.15) is 0 Å². The van der Waals surface area contributed by atoms with E-state index in [9.17, 15) is 13.2 Å². The van der Waals surface area contributed by atoms with Gasteiger partial charge in [0.25, 0.3) is 0 Å². The number of ether oxygens (including phenoxy) is 1. The Kier molecular flexibility index (Phi) is 10.0. The lowest BCUT2D eigenvalue weighted by Gasteiger charge is -2.23. The van der Waals surface area contributed by atoms with E-state index >= 15 is 0 Å². The molecule has 0 bridgehead atoms. The lowest BCUT2D eigenvalue weighted by molar-refractivity contribution is -0.121. The van der Waals surface area contributed by atoms with Crippen LogP contribution in [-0.2, 0) is 21.2 Å². The summed E-state index contributed by atoms with van der Waals surface area (Å²) >= 11 is 0. The Morgan fingerprint density at radius 3 is 2.41 bits per heavy atom. The van der Waals surface area contributed by atoms with Crippen molar-refractivity contribution < 1.29 is 17.9 Å². The fraction of sp³-hybridized carbons (Fsp3) is 0.480. The van der Waals surface area contributed by atoms with Gasteiger partial charge in [0, 0.05) is 19.5 Å². The predicted octanol–water partition coefficient (Wildman–Crippen LogP) is 4.39. The molecular formula is C25H36N2O4S. The van der Waals surface area contributed by atoms with Crippen molar-refractivity contribution in [3.63, 3.8) is 0 Å². The summed E-state index contributed by atoms with van der Waals surface area (Å²) in [5.41, 5.74) is 3.81. The van der Waals surface area contributed by atoms with Gasteiger partial charge in [-0.3, -0.25) is 9.10 Å². The van der Waals surface area contributed by atoms with Crippen molar-refractivity contribution in [3.05, 3.63) is 59.2 Å². The molecule has 0 atom stereocenters. The van der Waals surface area contributed by atoms with Gasteiger partial charge in [0.2, 0.25) is 15.9 Å². The number of amides is 1. The van der Waals surface area contributed by atoms with Crippen molar-refractivity contribution in [3.8, 4) is 5.75 Å². The van der Waals surface area contributed by atoms with Gasteiger partial charge in [0.05, 0.1) is 18.6 Å². The van der Waals surface area contributed by atoms with E-state index < -0.39 is 10.0 Å². The van der Waals surface area contributed by atoms with Crippen LogP contribution in [0.2, 0.25) is 0 Å². The molecule has 1 N–H and O–H groups in total. The van der Waals surface area contributed by atoms with Gasteiger partial charge in [-0.05, 0) is 74.4 Å². The topological polar surface area (TPSA) is 75.7 Å². The second kappa shape index (κ2) is 12.5. The minimum Gasteiger partial charge on any atom is -0.493 e. The van der Waals surface area contributed by atoms with Gasteiger partial charge < -0.3 is 10.1 Å². The largest absolute Gasteiger partial charge is 0.493 e. The van der Waals surface area contributed by atoms with Crippen LogP contribution in [0.4, 0.5) is 5.69 Å². The summed E-state index contributed by atoms with van der Waals surface area (Å²) in [5, 5.41) is 2.94. The molecule has 1 amide bonds. The Bertz CT molecular complexity index is 969. The Hall–Kier alpha value is -2.54. The highest BCUT2D eigenvalue weighted by Gasteiger charge is 2.18. The zero-order chi connectivity index (χ0) is 23.6. The van der Waals surface area contributed by atoms with Crippen LogP contribution in [0.15, 0.2) is 42.5 Å². The highest BCUT2D eigenvalue weighted by molar-refractivity contribution is 7.92. The number of benzene rings is 2. The molecule has 0 fully saturated rings. The van der Waals surface area contributed by atoms with E-state index in [0.29, 0.717) is 25.3 Å². The molecule has 0 aliphatic rings. The zero-order valence-corrected chi connectivity index (χ0v) is 20.5. The van der Waals surface area contributed by atoms with Crippen LogP contribution in [0, 0.1) is 13.8 Å². The Morgan fingerprint density at radius 2 is 1.75 bits per heavy atom. The fourth-order valence-electron chi connectivity index (χ4n) is 3.62. The summed E-state index contributed by atoms with van der Waals surface area (Å²) in [4.78, 5) is 12.2. The molecule has 0 aliphatic heterocycles. The molecule has 176 valence electrons. The van der Waals surface area contributed by atoms with Crippen molar-refractivity contribution in [1.29, 1.82) is 0 Å². The summed E-state index contributed by atoms with van der Waals surface area (Å²) < 4.78 is 31.7. The Morgan fingerprint density at radius 1 is 1.06 bits per heavy atom. The van der Waals surface area contributed by atoms with Crippen LogP contribution < -0.4 is 14.4 Å².